The van der Waals surface area contributed by atoms with Gasteiger partial charge in [-0.25, -0.2) is 4.98 Å². The number of thiophene rings is 1. The lowest BCUT2D eigenvalue weighted by Gasteiger charge is -1.94. The summed E-state index contributed by atoms with van der Waals surface area (Å²) < 4.78 is 1.11. The maximum atomic E-state index is 11.9. The van der Waals surface area contributed by atoms with Gasteiger partial charge in [-0.3, -0.25) is 4.79 Å². The van der Waals surface area contributed by atoms with Gasteiger partial charge in [-0.2, -0.15) is 0 Å². The molecule has 1 N–H and O–H groups in total. The zero-order valence-corrected chi connectivity index (χ0v) is 10.1. The number of benzene rings is 1. The maximum Gasteiger partial charge on any atom is 0.260 e. The second kappa shape index (κ2) is 3.61. The van der Waals surface area contributed by atoms with Crippen LogP contribution in [0.25, 0.3) is 20.3 Å². The molecule has 0 atom stereocenters. The zero-order valence-electron chi connectivity index (χ0n) is 8.48. The Labute approximate surface area is 99.5 Å². The van der Waals surface area contributed by atoms with Crippen LogP contribution in [0.2, 0.25) is 0 Å². The first-order valence-electron chi connectivity index (χ1n) is 4.75. The molecule has 0 bridgehead atoms. The van der Waals surface area contributed by atoms with Crippen molar-refractivity contribution in [3.05, 3.63) is 34.6 Å². The van der Waals surface area contributed by atoms with Gasteiger partial charge in [-0.1, -0.05) is 30.0 Å². The predicted molar refractivity (Wildman–Crippen MR) is 69.5 cm³/mol. The second-order valence-electron chi connectivity index (χ2n) is 3.35. The summed E-state index contributed by atoms with van der Waals surface area (Å²) in [7, 11) is 0. The fourth-order valence-electron chi connectivity index (χ4n) is 1.71. The van der Waals surface area contributed by atoms with E-state index >= 15 is 0 Å². The highest BCUT2D eigenvalue weighted by molar-refractivity contribution is 7.98. The fourth-order valence-corrected chi connectivity index (χ4v) is 3.22. The van der Waals surface area contributed by atoms with Gasteiger partial charge >= 0.3 is 0 Å². The number of thioether (sulfide) groups is 1. The summed E-state index contributed by atoms with van der Waals surface area (Å²) in [6.07, 6.45) is 1.90. The van der Waals surface area contributed by atoms with Gasteiger partial charge < -0.3 is 4.98 Å². The molecule has 16 heavy (non-hydrogen) atoms. The number of nitrogens with zero attached hydrogens (tertiary/aromatic N) is 1. The van der Waals surface area contributed by atoms with Crippen LogP contribution in [0.1, 0.15) is 0 Å². The van der Waals surface area contributed by atoms with E-state index < -0.39 is 0 Å². The molecule has 1 aromatic carbocycles. The molecule has 0 aliphatic carbocycles. The number of fused-ring (bicyclic) bond motifs is 3. The Hall–Kier alpha value is -1.33. The average Bonchev–Trinajstić information content (AvgIpc) is 2.67. The summed E-state index contributed by atoms with van der Waals surface area (Å²) >= 11 is 3.01. The molecule has 0 aliphatic rings. The average molecular weight is 248 g/mol. The van der Waals surface area contributed by atoms with Crippen molar-refractivity contribution in [2.45, 2.75) is 5.16 Å². The van der Waals surface area contributed by atoms with E-state index in [1.54, 1.807) is 11.3 Å². The third kappa shape index (κ3) is 1.36. The van der Waals surface area contributed by atoms with Crippen molar-refractivity contribution in [1.82, 2.24) is 9.97 Å². The summed E-state index contributed by atoms with van der Waals surface area (Å²) in [5.74, 6) is 0. The molecule has 5 heteroatoms. The Kier molecular flexibility index (Phi) is 2.22. The van der Waals surface area contributed by atoms with Crippen LogP contribution in [0.3, 0.4) is 0 Å². The lowest BCUT2D eigenvalue weighted by molar-refractivity contribution is 0.985. The Morgan fingerprint density at radius 1 is 1.38 bits per heavy atom. The van der Waals surface area contributed by atoms with Crippen molar-refractivity contribution < 1.29 is 0 Å². The summed E-state index contributed by atoms with van der Waals surface area (Å²) in [5, 5.41) is 2.37. The lowest BCUT2D eigenvalue weighted by atomic mass is 10.2. The number of hydrogen-bond donors (Lipinski definition) is 1. The number of nitrogens with one attached hydrogen (secondary N) is 1. The largest absolute Gasteiger partial charge is 0.301 e. The lowest BCUT2D eigenvalue weighted by Crippen LogP contribution is -2.07. The minimum atomic E-state index is -0.0493. The second-order valence-corrected chi connectivity index (χ2v) is 5.18. The van der Waals surface area contributed by atoms with E-state index in [2.05, 4.69) is 9.97 Å². The molecule has 0 aliphatic heterocycles. The number of aromatic amines is 1. The molecular weight excluding hydrogens is 240 g/mol. The van der Waals surface area contributed by atoms with E-state index in [0.717, 1.165) is 14.9 Å². The van der Waals surface area contributed by atoms with Gasteiger partial charge in [0, 0.05) is 10.1 Å². The first-order chi connectivity index (χ1) is 7.79. The van der Waals surface area contributed by atoms with Crippen LogP contribution in [0.5, 0.6) is 0 Å². The molecule has 3 nitrogen and oxygen atoms in total. The SMILES string of the molecule is CSc1nc2sc3ccccc3c2c(=O)[nH]1. The monoisotopic (exact) mass is 248 g/mol. The van der Waals surface area contributed by atoms with Crippen molar-refractivity contribution in [3.8, 4) is 0 Å². The quantitative estimate of drug-likeness (QED) is 0.532. The molecule has 0 saturated carbocycles. The molecule has 0 spiro atoms. The molecule has 0 amide bonds. The van der Waals surface area contributed by atoms with Gasteiger partial charge in [-0.15, -0.1) is 11.3 Å². The summed E-state index contributed by atoms with van der Waals surface area (Å²) in [4.78, 5) is 19.9. The van der Waals surface area contributed by atoms with Crippen LogP contribution in [0, 0.1) is 0 Å². The van der Waals surface area contributed by atoms with Crippen LogP contribution >= 0.6 is 23.1 Å². The Balaban J connectivity index is 2.55. The third-order valence-electron chi connectivity index (χ3n) is 2.42. The van der Waals surface area contributed by atoms with E-state index in [4.69, 9.17) is 0 Å². The fraction of sp³-hybridized carbons (Fsp3) is 0.0909. The van der Waals surface area contributed by atoms with Crippen LogP contribution in [-0.2, 0) is 0 Å². The Morgan fingerprint density at radius 3 is 3.00 bits per heavy atom. The van der Waals surface area contributed by atoms with E-state index in [0.29, 0.717) is 10.5 Å². The van der Waals surface area contributed by atoms with Crippen molar-refractivity contribution in [2.24, 2.45) is 0 Å². The van der Waals surface area contributed by atoms with Crippen molar-refractivity contribution in [1.29, 1.82) is 0 Å². The third-order valence-corrected chi connectivity index (χ3v) is 4.07. The number of hydrogen-bond acceptors (Lipinski definition) is 4. The zero-order chi connectivity index (χ0) is 11.1. The Morgan fingerprint density at radius 2 is 2.19 bits per heavy atom. The smallest absolute Gasteiger partial charge is 0.260 e. The van der Waals surface area contributed by atoms with Crippen LogP contribution in [0.4, 0.5) is 0 Å². The van der Waals surface area contributed by atoms with Gasteiger partial charge in [0.15, 0.2) is 5.16 Å². The van der Waals surface area contributed by atoms with E-state index in [9.17, 15) is 4.79 Å². The topological polar surface area (TPSA) is 45.8 Å². The highest BCUT2D eigenvalue weighted by atomic mass is 32.2. The molecule has 0 fully saturated rings. The molecule has 2 heterocycles. The van der Waals surface area contributed by atoms with E-state index in [1.807, 2.05) is 30.5 Å². The first-order valence-corrected chi connectivity index (χ1v) is 6.79. The number of aromatic nitrogens is 2. The van der Waals surface area contributed by atoms with Gasteiger partial charge in [0.1, 0.15) is 4.83 Å². The minimum Gasteiger partial charge on any atom is -0.301 e. The summed E-state index contributed by atoms with van der Waals surface area (Å²) in [5.41, 5.74) is -0.0493. The predicted octanol–water partition coefficient (Wildman–Crippen LogP) is 2.86. The number of H-pyrrole nitrogens is 1. The normalized spacial score (nSPS) is 11.3. The van der Waals surface area contributed by atoms with Crippen molar-refractivity contribution >= 4 is 43.4 Å². The minimum absolute atomic E-state index is 0.0493. The van der Waals surface area contributed by atoms with Crippen LogP contribution < -0.4 is 5.56 Å². The maximum absolute atomic E-state index is 11.9. The highest BCUT2D eigenvalue weighted by Gasteiger charge is 2.10. The summed E-state index contributed by atoms with van der Waals surface area (Å²) in [6, 6.07) is 7.89. The molecule has 3 rings (SSSR count). The van der Waals surface area contributed by atoms with Crippen molar-refractivity contribution in [3.63, 3.8) is 0 Å². The van der Waals surface area contributed by atoms with Crippen LogP contribution in [0.15, 0.2) is 34.2 Å². The first kappa shape index (κ1) is 9.86. The highest BCUT2D eigenvalue weighted by Crippen LogP contribution is 2.30. The molecule has 0 saturated heterocycles. The molecule has 2 aromatic heterocycles. The van der Waals surface area contributed by atoms with Gasteiger partial charge in [-0.05, 0) is 12.3 Å². The van der Waals surface area contributed by atoms with E-state index in [-0.39, 0.29) is 5.56 Å². The molecule has 0 radical (unpaired) electrons. The molecule has 0 unspecified atom stereocenters. The molecule has 3 aromatic rings. The Bertz CT molecular complexity index is 730. The van der Waals surface area contributed by atoms with Gasteiger partial charge in [0.25, 0.3) is 5.56 Å². The van der Waals surface area contributed by atoms with Crippen molar-refractivity contribution in [2.75, 3.05) is 6.26 Å². The van der Waals surface area contributed by atoms with Crippen LogP contribution in [-0.4, -0.2) is 16.2 Å². The number of rotatable bonds is 1. The molecular formula is C11H8N2OS2. The summed E-state index contributed by atoms with van der Waals surface area (Å²) in [6.45, 7) is 0. The van der Waals surface area contributed by atoms with Gasteiger partial charge in [0.2, 0.25) is 0 Å². The van der Waals surface area contributed by atoms with Gasteiger partial charge in [0.05, 0.1) is 5.39 Å². The standard InChI is InChI=1S/C11H8N2OS2/c1-15-11-12-9(14)8-6-4-2-3-5-7(6)16-10(8)13-11/h2-5H,1H3,(H,12,13,14). The molecule has 80 valence electrons. The van der Waals surface area contributed by atoms with E-state index in [1.165, 1.54) is 11.8 Å².